The molecule has 1 unspecified atom stereocenters. The molecule has 1 heterocycles. The predicted octanol–water partition coefficient (Wildman–Crippen LogP) is 2.63. The van der Waals surface area contributed by atoms with Crippen molar-refractivity contribution in [3.63, 3.8) is 0 Å². The number of amides is 1. The molecule has 0 aliphatic carbocycles. The quantitative estimate of drug-likeness (QED) is 0.855. The number of aromatic nitrogens is 1. The van der Waals surface area contributed by atoms with Gasteiger partial charge in [0.05, 0.1) is 5.56 Å². The average molecular weight is 270 g/mol. The Labute approximate surface area is 109 Å². The van der Waals surface area contributed by atoms with E-state index in [0.29, 0.717) is 12.8 Å². The maximum atomic E-state index is 12.3. The standard InChI is InChI=1S/C13H13F3N2O/c1-3-5-10(4-2)18-12(19)9-6-7-11(17-8-9)13(14,15)16/h1,6-8,10H,4-5H2,2H3,(H,18,19). The number of carbonyl (C=O) groups is 1. The van der Waals surface area contributed by atoms with E-state index in [1.807, 2.05) is 6.92 Å². The van der Waals surface area contributed by atoms with E-state index < -0.39 is 17.8 Å². The summed E-state index contributed by atoms with van der Waals surface area (Å²) in [7, 11) is 0. The first-order chi connectivity index (χ1) is 8.88. The molecular formula is C13H13F3N2O. The van der Waals surface area contributed by atoms with Gasteiger partial charge in [-0.2, -0.15) is 13.2 Å². The molecule has 0 spiro atoms. The van der Waals surface area contributed by atoms with Crippen molar-refractivity contribution in [3.05, 3.63) is 29.6 Å². The Morgan fingerprint density at radius 3 is 2.63 bits per heavy atom. The molecule has 1 aromatic rings. The molecule has 1 aromatic heterocycles. The van der Waals surface area contributed by atoms with Crippen molar-refractivity contribution in [2.75, 3.05) is 0 Å². The fraction of sp³-hybridized carbons (Fsp3) is 0.385. The maximum absolute atomic E-state index is 12.3. The zero-order chi connectivity index (χ0) is 14.5. The van der Waals surface area contributed by atoms with Crippen LogP contribution in [0.4, 0.5) is 13.2 Å². The van der Waals surface area contributed by atoms with E-state index in [2.05, 4.69) is 16.2 Å². The van der Waals surface area contributed by atoms with Crippen LogP contribution in [-0.2, 0) is 6.18 Å². The molecule has 1 amide bonds. The van der Waals surface area contributed by atoms with E-state index in [1.165, 1.54) is 0 Å². The highest BCUT2D eigenvalue weighted by Gasteiger charge is 2.32. The van der Waals surface area contributed by atoms with Gasteiger partial charge in [-0.1, -0.05) is 6.92 Å². The third kappa shape index (κ3) is 4.28. The van der Waals surface area contributed by atoms with Crippen molar-refractivity contribution in [1.82, 2.24) is 10.3 Å². The first-order valence-electron chi connectivity index (χ1n) is 5.66. The maximum Gasteiger partial charge on any atom is 0.433 e. The van der Waals surface area contributed by atoms with E-state index in [0.717, 1.165) is 18.3 Å². The van der Waals surface area contributed by atoms with Crippen LogP contribution < -0.4 is 5.32 Å². The van der Waals surface area contributed by atoms with E-state index in [-0.39, 0.29) is 11.6 Å². The minimum atomic E-state index is -4.51. The predicted molar refractivity (Wildman–Crippen MR) is 64.2 cm³/mol. The lowest BCUT2D eigenvalue weighted by Gasteiger charge is -2.14. The van der Waals surface area contributed by atoms with Crippen molar-refractivity contribution < 1.29 is 18.0 Å². The van der Waals surface area contributed by atoms with E-state index in [1.54, 1.807) is 0 Å². The highest BCUT2D eigenvalue weighted by Crippen LogP contribution is 2.27. The zero-order valence-electron chi connectivity index (χ0n) is 10.3. The van der Waals surface area contributed by atoms with E-state index >= 15 is 0 Å². The van der Waals surface area contributed by atoms with Gasteiger partial charge in [-0.05, 0) is 18.6 Å². The largest absolute Gasteiger partial charge is 0.433 e. The first-order valence-corrected chi connectivity index (χ1v) is 5.66. The van der Waals surface area contributed by atoms with Gasteiger partial charge in [-0.3, -0.25) is 9.78 Å². The number of alkyl halides is 3. The van der Waals surface area contributed by atoms with Crippen LogP contribution in [-0.4, -0.2) is 16.9 Å². The van der Waals surface area contributed by atoms with Crippen LogP contribution in [0.3, 0.4) is 0 Å². The number of halogens is 3. The monoisotopic (exact) mass is 270 g/mol. The molecule has 1 N–H and O–H groups in total. The van der Waals surface area contributed by atoms with Gasteiger partial charge in [0, 0.05) is 18.7 Å². The van der Waals surface area contributed by atoms with Gasteiger partial charge in [0.2, 0.25) is 0 Å². The number of pyridine rings is 1. The van der Waals surface area contributed by atoms with Gasteiger partial charge in [0.1, 0.15) is 5.69 Å². The molecule has 1 rings (SSSR count). The fourth-order valence-electron chi connectivity index (χ4n) is 1.40. The highest BCUT2D eigenvalue weighted by atomic mass is 19.4. The van der Waals surface area contributed by atoms with Gasteiger partial charge in [0.15, 0.2) is 0 Å². The fourth-order valence-corrected chi connectivity index (χ4v) is 1.40. The molecule has 0 fully saturated rings. The molecule has 0 saturated carbocycles. The molecule has 0 aliphatic heterocycles. The number of hydrogen-bond donors (Lipinski definition) is 1. The second-order valence-electron chi connectivity index (χ2n) is 3.92. The van der Waals surface area contributed by atoms with Crippen molar-refractivity contribution in [2.45, 2.75) is 32.0 Å². The van der Waals surface area contributed by atoms with Crippen molar-refractivity contribution in [1.29, 1.82) is 0 Å². The molecule has 3 nitrogen and oxygen atoms in total. The summed E-state index contributed by atoms with van der Waals surface area (Å²) in [4.78, 5) is 15.0. The molecule has 0 bridgehead atoms. The molecule has 19 heavy (non-hydrogen) atoms. The van der Waals surface area contributed by atoms with Crippen LogP contribution >= 0.6 is 0 Å². The van der Waals surface area contributed by atoms with E-state index in [9.17, 15) is 18.0 Å². The van der Waals surface area contributed by atoms with Crippen LogP contribution in [0.5, 0.6) is 0 Å². The Hall–Kier alpha value is -2.03. The highest BCUT2D eigenvalue weighted by molar-refractivity contribution is 5.94. The summed E-state index contributed by atoms with van der Waals surface area (Å²) in [6.07, 6.45) is 2.56. The van der Waals surface area contributed by atoms with Crippen LogP contribution in [0.1, 0.15) is 35.8 Å². The Bertz CT molecular complexity index is 474. The molecule has 0 radical (unpaired) electrons. The lowest BCUT2D eigenvalue weighted by molar-refractivity contribution is -0.141. The minimum absolute atomic E-state index is 0.0727. The van der Waals surface area contributed by atoms with Crippen molar-refractivity contribution >= 4 is 5.91 Å². The molecule has 6 heteroatoms. The molecule has 0 aromatic carbocycles. The summed E-state index contributed by atoms with van der Waals surface area (Å²) in [5.74, 6) is 1.94. The van der Waals surface area contributed by atoms with Crippen LogP contribution in [0.15, 0.2) is 18.3 Å². The number of nitrogens with one attached hydrogen (secondary N) is 1. The summed E-state index contributed by atoms with van der Waals surface area (Å²) in [5, 5.41) is 2.64. The van der Waals surface area contributed by atoms with Crippen LogP contribution in [0.25, 0.3) is 0 Å². The summed E-state index contributed by atoms with van der Waals surface area (Å²) >= 11 is 0. The lowest BCUT2D eigenvalue weighted by Crippen LogP contribution is -2.34. The van der Waals surface area contributed by atoms with Gasteiger partial charge >= 0.3 is 6.18 Å². The normalized spacial score (nSPS) is 12.6. The zero-order valence-corrected chi connectivity index (χ0v) is 10.3. The number of hydrogen-bond acceptors (Lipinski definition) is 2. The summed E-state index contributed by atoms with van der Waals surface area (Å²) < 4.78 is 36.9. The molecule has 0 saturated heterocycles. The summed E-state index contributed by atoms with van der Waals surface area (Å²) in [5.41, 5.74) is -0.955. The Morgan fingerprint density at radius 2 is 2.21 bits per heavy atom. The van der Waals surface area contributed by atoms with Gasteiger partial charge < -0.3 is 5.32 Å². The summed E-state index contributed by atoms with van der Waals surface area (Å²) in [6, 6.07) is 1.67. The molecular weight excluding hydrogens is 257 g/mol. The SMILES string of the molecule is C#CCC(CC)NC(=O)c1ccc(C(F)(F)F)nc1. The Morgan fingerprint density at radius 1 is 1.53 bits per heavy atom. The topological polar surface area (TPSA) is 42.0 Å². The number of nitrogens with zero attached hydrogens (tertiary/aromatic N) is 1. The third-order valence-electron chi connectivity index (χ3n) is 2.51. The Balaban J connectivity index is 2.76. The number of carbonyl (C=O) groups excluding carboxylic acids is 1. The van der Waals surface area contributed by atoms with Gasteiger partial charge in [-0.25, -0.2) is 0 Å². The second kappa shape index (κ2) is 6.23. The Kier molecular flexibility index (Phi) is 4.93. The smallest absolute Gasteiger partial charge is 0.348 e. The van der Waals surface area contributed by atoms with Crippen LogP contribution in [0.2, 0.25) is 0 Å². The first kappa shape index (κ1) is 15.0. The molecule has 102 valence electrons. The minimum Gasteiger partial charge on any atom is -0.348 e. The number of terminal acetylenes is 1. The van der Waals surface area contributed by atoms with Gasteiger partial charge in [-0.15, -0.1) is 12.3 Å². The molecule has 1 atom stereocenters. The number of rotatable bonds is 4. The van der Waals surface area contributed by atoms with Crippen LogP contribution in [0, 0.1) is 12.3 Å². The van der Waals surface area contributed by atoms with Gasteiger partial charge in [0.25, 0.3) is 5.91 Å². The van der Waals surface area contributed by atoms with E-state index in [4.69, 9.17) is 6.42 Å². The second-order valence-corrected chi connectivity index (χ2v) is 3.92. The lowest BCUT2D eigenvalue weighted by atomic mass is 10.1. The summed E-state index contributed by atoms with van der Waals surface area (Å²) in [6.45, 7) is 1.85. The molecule has 0 aliphatic rings. The van der Waals surface area contributed by atoms with Crippen molar-refractivity contribution in [3.8, 4) is 12.3 Å². The third-order valence-corrected chi connectivity index (χ3v) is 2.51. The average Bonchev–Trinajstić information content (AvgIpc) is 2.37. The van der Waals surface area contributed by atoms with Crippen molar-refractivity contribution in [2.24, 2.45) is 0 Å².